The van der Waals surface area contributed by atoms with Gasteiger partial charge in [0.2, 0.25) is 11.8 Å². The molecule has 5 heteroatoms. The summed E-state index contributed by atoms with van der Waals surface area (Å²) in [7, 11) is 1.40. The molecule has 11 heavy (non-hydrogen) atoms. The summed E-state index contributed by atoms with van der Waals surface area (Å²) in [4.78, 5) is 20.7. The highest BCUT2D eigenvalue weighted by Crippen LogP contribution is 2.00. The highest BCUT2D eigenvalue weighted by atomic mass is 16.5. The molecule has 5 nitrogen and oxygen atoms in total. The van der Waals surface area contributed by atoms with Gasteiger partial charge in [0.1, 0.15) is 0 Å². The van der Waals surface area contributed by atoms with E-state index >= 15 is 0 Å². The molecule has 0 radical (unpaired) electrons. The molecule has 0 aliphatic heterocycles. The number of carbonyl (C=O) groups excluding carboxylic acids is 2. The third-order valence-corrected chi connectivity index (χ3v) is 1.19. The van der Waals surface area contributed by atoms with E-state index in [2.05, 4.69) is 0 Å². The Bertz CT molecular complexity index is 142. The summed E-state index contributed by atoms with van der Waals surface area (Å²) in [6.07, 6.45) is -0.427. The Labute approximate surface area is 64.7 Å². The van der Waals surface area contributed by atoms with Crippen LogP contribution in [0, 0.1) is 0 Å². The van der Waals surface area contributed by atoms with Crippen LogP contribution in [0.25, 0.3) is 0 Å². The quantitative estimate of drug-likeness (QED) is 0.526. The van der Waals surface area contributed by atoms with Crippen molar-refractivity contribution in [2.75, 3.05) is 7.11 Å². The van der Waals surface area contributed by atoms with Gasteiger partial charge in [0.25, 0.3) is 0 Å². The van der Waals surface area contributed by atoms with Gasteiger partial charge in [-0.05, 0) is 0 Å². The molecular weight excluding hydrogens is 148 g/mol. The van der Waals surface area contributed by atoms with Crippen LogP contribution in [0.3, 0.4) is 0 Å². The van der Waals surface area contributed by atoms with E-state index in [0.717, 1.165) is 0 Å². The van der Waals surface area contributed by atoms with Crippen molar-refractivity contribution in [1.82, 2.24) is 0 Å². The number of methoxy groups -OCH3 is 1. The Morgan fingerprint density at radius 1 is 1.27 bits per heavy atom. The summed E-state index contributed by atoms with van der Waals surface area (Å²) >= 11 is 0. The van der Waals surface area contributed by atoms with E-state index in [1.165, 1.54) is 7.11 Å². The SMILES string of the molecule is COC(CC(N)=O)CC(N)=O. The molecule has 0 atom stereocenters. The zero-order chi connectivity index (χ0) is 8.85. The molecule has 0 aromatic carbocycles. The molecule has 64 valence electrons. The van der Waals surface area contributed by atoms with Crippen LogP contribution in [0.4, 0.5) is 0 Å². The van der Waals surface area contributed by atoms with Crippen LogP contribution < -0.4 is 11.5 Å². The van der Waals surface area contributed by atoms with Crippen LogP contribution in [-0.2, 0) is 14.3 Å². The highest BCUT2D eigenvalue weighted by Gasteiger charge is 2.12. The van der Waals surface area contributed by atoms with Gasteiger partial charge in [-0.25, -0.2) is 0 Å². The van der Waals surface area contributed by atoms with Crippen molar-refractivity contribution in [3.63, 3.8) is 0 Å². The standard InChI is InChI=1S/C6H12N2O3/c1-11-4(2-5(7)9)3-6(8)10/h4H,2-3H2,1H3,(H2,7,9)(H2,8,10). The average molecular weight is 160 g/mol. The second-order valence-corrected chi connectivity index (χ2v) is 2.20. The van der Waals surface area contributed by atoms with E-state index in [1.807, 2.05) is 0 Å². The predicted molar refractivity (Wildman–Crippen MR) is 38.4 cm³/mol. The van der Waals surface area contributed by atoms with Crippen LogP contribution in [0.15, 0.2) is 0 Å². The first-order chi connectivity index (χ1) is 5.06. The van der Waals surface area contributed by atoms with E-state index in [1.54, 1.807) is 0 Å². The van der Waals surface area contributed by atoms with Crippen molar-refractivity contribution in [2.24, 2.45) is 11.5 Å². The number of rotatable bonds is 5. The molecule has 0 unspecified atom stereocenters. The lowest BCUT2D eigenvalue weighted by Gasteiger charge is -2.09. The fourth-order valence-electron chi connectivity index (χ4n) is 0.688. The van der Waals surface area contributed by atoms with Crippen LogP contribution in [0.1, 0.15) is 12.8 Å². The average Bonchev–Trinajstić information content (AvgIpc) is 1.84. The third kappa shape index (κ3) is 5.35. The van der Waals surface area contributed by atoms with Crippen LogP contribution in [0.2, 0.25) is 0 Å². The second-order valence-electron chi connectivity index (χ2n) is 2.20. The monoisotopic (exact) mass is 160 g/mol. The molecule has 0 heterocycles. The highest BCUT2D eigenvalue weighted by molar-refractivity contribution is 5.77. The molecule has 0 saturated carbocycles. The van der Waals surface area contributed by atoms with Crippen molar-refractivity contribution >= 4 is 11.8 Å². The second kappa shape index (κ2) is 4.68. The molecule has 0 saturated heterocycles. The molecule has 4 N–H and O–H groups in total. The molecule has 0 aromatic heterocycles. The van der Waals surface area contributed by atoms with Gasteiger partial charge in [-0.1, -0.05) is 0 Å². The summed E-state index contributed by atoms with van der Waals surface area (Å²) in [6, 6.07) is 0. The van der Waals surface area contributed by atoms with Crippen LogP contribution in [-0.4, -0.2) is 25.0 Å². The molecule has 0 bridgehead atoms. The van der Waals surface area contributed by atoms with Crippen molar-refractivity contribution in [1.29, 1.82) is 0 Å². The lowest BCUT2D eigenvalue weighted by atomic mass is 10.2. The molecule has 0 spiro atoms. The number of amides is 2. The topological polar surface area (TPSA) is 95.4 Å². The minimum absolute atomic E-state index is 0.0272. The van der Waals surface area contributed by atoms with Crippen molar-refractivity contribution in [2.45, 2.75) is 18.9 Å². The lowest BCUT2D eigenvalue weighted by Crippen LogP contribution is -2.26. The molecule has 0 aliphatic carbocycles. The smallest absolute Gasteiger partial charge is 0.220 e. The summed E-state index contributed by atoms with van der Waals surface area (Å²) in [6.45, 7) is 0. The molecule has 2 amide bonds. The Hall–Kier alpha value is -1.10. The fourth-order valence-corrected chi connectivity index (χ4v) is 0.688. The van der Waals surface area contributed by atoms with E-state index in [-0.39, 0.29) is 12.8 Å². The van der Waals surface area contributed by atoms with Crippen LogP contribution in [0.5, 0.6) is 0 Å². The number of ether oxygens (including phenoxy) is 1. The summed E-state index contributed by atoms with van der Waals surface area (Å²) < 4.78 is 4.77. The van der Waals surface area contributed by atoms with Crippen molar-refractivity contribution in [3.8, 4) is 0 Å². The lowest BCUT2D eigenvalue weighted by molar-refractivity contribution is -0.123. The van der Waals surface area contributed by atoms with Gasteiger partial charge in [0.05, 0.1) is 18.9 Å². The normalized spacial score (nSPS) is 10.0. The first kappa shape index (κ1) is 9.90. The van der Waals surface area contributed by atoms with Gasteiger partial charge in [0, 0.05) is 7.11 Å². The van der Waals surface area contributed by atoms with E-state index < -0.39 is 17.9 Å². The number of carbonyl (C=O) groups is 2. The summed E-state index contributed by atoms with van der Waals surface area (Å²) in [5.41, 5.74) is 9.75. The number of hydrogen-bond acceptors (Lipinski definition) is 3. The van der Waals surface area contributed by atoms with Gasteiger partial charge >= 0.3 is 0 Å². The maximum absolute atomic E-state index is 10.3. The van der Waals surface area contributed by atoms with Crippen LogP contribution >= 0.6 is 0 Å². The number of hydrogen-bond donors (Lipinski definition) is 2. The Kier molecular flexibility index (Phi) is 4.21. The van der Waals surface area contributed by atoms with Gasteiger partial charge in [-0.3, -0.25) is 9.59 Å². The molecule has 0 aromatic rings. The molecule has 0 aliphatic rings. The molecular formula is C6H12N2O3. The first-order valence-electron chi connectivity index (χ1n) is 3.15. The number of primary amides is 2. The summed E-state index contributed by atoms with van der Waals surface area (Å²) in [5, 5.41) is 0. The molecule has 0 rings (SSSR count). The Balaban J connectivity index is 3.76. The van der Waals surface area contributed by atoms with E-state index in [9.17, 15) is 9.59 Å². The number of nitrogens with two attached hydrogens (primary N) is 2. The maximum Gasteiger partial charge on any atom is 0.220 e. The van der Waals surface area contributed by atoms with Gasteiger partial charge < -0.3 is 16.2 Å². The predicted octanol–water partition coefficient (Wildman–Crippen LogP) is -1.25. The largest absolute Gasteiger partial charge is 0.380 e. The van der Waals surface area contributed by atoms with Crippen molar-refractivity contribution in [3.05, 3.63) is 0 Å². The van der Waals surface area contributed by atoms with E-state index in [0.29, 0.717) is 0 Å². The van der Waals surface area contributed by atoms with Gasteiger partial charge in [-0.2, -0.15) is 0 Å². The fraction of sp³-hybridized carbons (Fsp3) is 0.667. The zero-order valence-electron chi connectivity index (χ0n) is 6.37. The minimum atomic E-state index is -0.502. The zero-order valence-corrected chi connectivity index (χ0v) is 6.37. The first-order valence-corrected chi connectivity index (χ1v) is 3.15. The summed E-state index contributed by atoms with van der Waals surface area (Å²) in [5.74, 6) is -1.00. The molecule has 0 fully saturated rings. The van der Waals surface area contributed by atoms with E-state index in [4.69, 9.17) is 16.2 Å². The van der Waals surface area contributed by atoms with Crippen molar-refractivity contribution < 1.29 is 14.3 Å². The third-order valence-electron chi connectivity index (χ3n) is 1.19. The maximum atomic E-state index is 10.3. The Morgan fingerprint density at radius 3 is 1.82 bits per heavy atom. The Morgan fingerprint density at radius 2 is 1.64 bits per heavy atom. The van der Waals surface area contributed by atoms with Gasteiger partial charge in [0.15, 0.2) is 0 Å². The van der Waals surface area contributed by atoms with Gasteiger partial charge in [-0.15, -0.1) is 0 Å². The minimum Gasteiger partial charge on any atom is -0.380 e.